The summed E-state index contributed by atoms with van der Waals surface area (Å²) in [6.45, 7) is 3.53. The molecule has 7 heteroatoms. The van der Waals surface area contributed by atoms with E-state index < -0.39 is 5.97 Å². The van der Waals surface area contributed by atoms with Crippen molar-refractivity contribution in [2.24, 2.45) is 0 Å². The molecule has 0 saturated carbocycles. The lowest BCUT2D eigenvalue weighted by molar-refractivity contribution is 0.0739. The fraction of sp³-hybridized carbons (Fsp3) is 0.0870. The largest absolute Gasteiger partial charge is 0.460 e. The van der Waals surface area contributed by atoms with E-state index in [1.807, 2.05) is 29.6 Å². The fourth-order valence-electron chi connectivity index (χ4n) is 3.36. The van der Waals surface area contributed by atoms with Crippen molar-refractivity contribution in [3.63, 3.8) is 0 Å². The van der Waals surface area contributed by atoms with Crippen LogP contribution in [0.5, 0.6) is 5.75 Å². The Morgan fingerprint density at radius 3 is 2.67 bits per heavy atom. The van der Waals surface area contributed by atoms with Crippen molar-refractivity contribution in [1.29, 1.82) is 0 Å². The molecule has 0 bridgehead atoms. The molecule has 0 aliphatic heterocycles. The smallest absolute Gasteiger partial charge is 0.353 e. The van der Waals surface area contributed by atoms with Crippen LogP contribution in [0, 0.1) is 13.8 Å². The molecule has 0 aliphatic rings. The number of thiophene rings is 1. The Bertz CT molecular complexity index is 1450. The third-order valence-electron chi connectivity index (χ3n) is 4.87. The van der Waals surface area contributed by atoms with Gasteiger partial charge in [0, 0.05) is 5.56 Å². The third kappa shape index (κ3) is 3.03. The number of nitrogens with zero attached hydrogens (tertiary/aromatic N) is 1. The van der Waals surface area contributed by atoms with Crippen molar-refractivity contribution < 1.29 is 13.9 Å². The van der Waals surface area contributed by atoms with Crippen LogP contribution in [0.2, 0.25) is 0 Å². The highest BCUT2D eigenvalue weighted by atomic mass is 32.1. The molecule has 2 aromatic carbocycles. The molecule has 148 valence electrons. The van der Waals surface area contributed by atoms with E-state index in [-0.39, 0.29) is 5.43 Å². The van der Waals surface area contributed by atoms with Crippen LogP contribution in [0.1, 0.15) is 21.0 Å². The Labute approximate surface area is 179 Å². The molecule has 3 heterocycles. The second kappa shape index (κ2) is 7.19. The van der Waals surface area contributed by atoms with E-state index in [9.17, 15) is 9.59 Å². The monoisotopic (exact) mass is 433 g/mol. The number of ether oxygens (including phenoxy) is 1. The summed E-state index contributed by atoms with van der Waals surface area (Å²) in [5.74, 6) is 0.421. The summed E-state index contributed by atoms with van der Waals surface area (Å²) in [6, 6.07) is 14.5. The minimum absolute atomic E-state index is 0.146. The number of benzene rings is 2. The molecule has 0 aliphatic carbocycles. The van der Waals surface area contributed by atoms with Gasteiger partial charge < -0.3 is 9.15 Å². The van der Waals surface area contributed by atoms with E-state index in [0.717, 1.165) is 10.2 Å². The number of carbonyl (C=O) groups is 1. The molecular weight excluding hydrogens is 418 g/mol. The first-order valence-corrected chi connectivity index (χ1v) is 10.9. The standard InChI is InChI=1S/C23H15NO4S2/c1-12-16(28-23(26)18-8-5-11-29-18)10-9-14-20(25)19(13(2)27-21(12)14)22-24-15-6-3-4-7-17(15)30-22/h3-11H,1-2H3. The van der Waals surface area contributed by atoms with Crippen LogP contribution >= 0.6 is 22.7 Å². The molecule has 0 spiro atoms. The van der Waals surface area contributed by atoms with Gasteiger partial charge in [-0.1, -0.05) is 18.2 Å². The second-order valence-corrected chi connectivity index (χ2v) is 8.76. The van der Waals surface area contributed by atoms with Crippen molar-refractivity contribution in [3.8, 4) is 16.3 Å². The number of aryl methyl sites for hydroxylation is 2. The lowest BCUT2D eigenvalue weighted by Crippen LogP contribution is -2.10. The number of thiazole rings is 1. The van der Waals surface area contributed by atoms with Gasteiger partial charge in [0.1, 0.15) is 27.0 Å². The summed E-state index contributed by atoms with van der Waals surface area (Å²) in [7, 11) is 0. The van der Waals surface area contributed by atoms with Crippen molar-refractivity contribution in [3.05, 3.63) is 80.3 Å². The zero-order chi connectivity index (χ0) is 20.8. The van der Waals surface area contributed by atoms with Crippen LogP contribution in [-0.4, -0.2) is 11.0 Å². The Morgan fingerprint density at radius 2 is 1.90 bits per heavy atom. The van der Waals surface area contributed by atoms with Gasteiger partial charge in [0.05, 0.1) is 21.2 Å². The number of para-hydroxylation sites is 1. The average Bonchev–Trinajstić information content (AvgIpc) is 3.40. The molecule has 0 N–H and O–H groups in total. The van der Waals surface area contributed by atoms with Crippen LogP contribution in [0.3, 0.4) is 0 Å². The minimum atomic E-state index is -0.433. The average molecular weight is 434 g/mol. The van der Waals surface area contributed by atoms with Gasteiger partial charge >= 0.3 is 5.97 Å². The van der Waals surface area contributed by atoms with E-state index in [4.69, 9.17) is 9.15 Å². The van der Waals surface area contributed by atoms with E-state index in [2.05, 4.69) is 4.98 Å². The molecule has 0 atom stereocenters. The van der Waals surface area contributed by atoms with Crippen LogP contribution < -0.4 is 10.2 Å². The number of hydrogen-bond donors (Lipinski definition) is 0. The Balaban J connectivity index is 1.63. The van der Waals surface area contributed by atoms with Gasteiger partial charge in [0.25, 0.3) is 0 Å². The number of aromatic nitrogens is 1. The Hall–Kier alpha value is -3.29. The van der Waals surface area contributed by atoms with Gasteiger partial charge in [-0.15, -0.1) is 22.7 Å². The van der Waals surface area contributed by atoms with E-state index in [1.165, 1.54) is 22.7 Å². The molecule has 0 unspecified atom stereocenters. The lowest BCUT2D eigenvalue weighted by atomic mass is 10.1. The highest BCUT2D eigenvalue weighted by molar-refractivity contribution is 7.21. The van der Waals surface area contributed by atoms with Crippen LogP contribution in [0.25, 0.3) is 31.8 Å². The maximum Gasteiger partial charge on any atom is 0.353 e. The van der Waals surface area contributed by atoms with Crippen molar-refractivity contribution in [1.82, 2.24) is 4.98 Å². The Morgan fingerprint density at radius 1 is 1.07 bits per heavy atom. The number of esters is 1. The van der Waals surface area contributed by atoms with Crippen molar-refractivity contribution >= 4 is 49.8 Å². The van der Waals surface area contributed by atoms with E-state index in [1.54, 1.807) is 38.1 Å². The van der Waals surface area contributed by atoms with E-state index >= 15 is 0 Å². The molecule has 0 saturated heterocycles. The van der Waals surface area contributed by atoms with Crippen LogP contribution in [-0.2, 0) is 0 Å². The van der Waals surface area contributed by atoms with Gasteiger partial charge in [-0.05, 0) is 49.6 Å². The highest BCUT2D eigenvalue weighted by Gasteiger charge is 2.20. The molecule has 3 aromatic heterocycles. The second-order valence-electron chi connectivity index (χ2n) is 6.78. The maximum absolute atomic E-state index is 13.3. The highest BCUT2D eigenvalue weighted by Crippen LogP contribution is 2.34. The SMILES string of the molecule is Cc1oc2c(C)c(OC(=O)c3cccs3)ccc2c(=O)c1-c1nc2ccccc2s1. The molecule has 0 radical (unpaired) electrons. The molecule has 5 nitrogen and oxygen atoms in total. The van der Waals surface area contributed by atoms with Crippen LogP contribution in [0.15, 0.2) is 63.1 Å². The van der Waals surface area contributed by atoms with Gasteiger partial charge in [-0.3, -0.25) is 4.79 Å². The normalized spacial score (nSPS) is 11.3. The molecule has 0 amide bonds. The summed E-state index contributed by atoms with van der Waals surface area (Å²) >= 11 is 2.77. The van der Waals surface area contributed by atoms with Crippen LogP contribution in [0.4, 0.5) is 0 Å². The first-order chi connectivity index (χ1) is 14.5. The van der Waals surface area contributed by atoms with Gasteiger partial charge in [0.2, 0.25) is 5.43 Å². The van der Waals surface area contributed by atoms with Gasteiger partial charge in [-0.2, -0.15) is 0 Å². The summed E-state index contributed by atoms with van der Waals surface area (Å²) < 4.78 is 12.6. The summed E-state index contributed by atoms with van der Waals surface area (Å²) in [6.07, 6.45) is 0. The number of fused-ring (bicyclic) bond motifs is 2. The predicted molar refractivity (Wildman–Crippen MR) is 120 cm³/mol. The van der Waals surface area contributed by atoms with E-state index in [0.29, 0.717) is 43.5 Å². The molecular formula is C23H15NO4S2. The molecule has 0 fully saturated rings. The zero-order valence-electron chi connectivity index (χ0n) is 16.1. The third-order valence-corrected chi connectivity index (χ3v) is 6.77. The maximum atomic E-state index is 13.3. The number of rotatable bonds is 3. The summed E-state index contributed by atoms with van der Waals surface area (Å²) in [5.41, 5.74) is 2.19. The van der Waals surface area contributed by atoms with Gasteiger partial charge in [0.15, 0.2) is 0 Å². The molecule has 30 heavy (non-hydrogen) atoms. The topological polar surface area (TPSA) is 69.4 Å². The minimum Gasteiger partial charge on any atom is -0.460 e. The van der Waals surface area contributed by atoms with Crippen molar-refractivity contribution in [2.75, 3.05) is 0 Å². The van der Waals surface area contributed by atoms with Crippen molar-refractivity contribution in [2.45, 2.75) is 13.8 Å². The predicted octanol–water partition coefficient (Wildman–Crippen LogP) is 5.97. The number of carbonyl (C=O) groups excluding carboxylic acids is 1. The number of hydrogen-bond acceptors (Lipinski definition) is 7. The molecule has 5 rings (SSSR count). The first kappa shape index (κ1) is 18.7. The summed E-state index contributed by atoms with van der Waals surface area (Å²) in [5, 5.41) is 2.88. The Kier molecular flexibility index (Phi) is 4.49. The molecule has 5 aromatic rings. The first-order valence-electron chi connectivity index (χ1n) is 9.21. The fourth-order valence-corrected chi connectivity index (χ4v) is 5.02. The van der Waals surface area contributed by atoms with Gasteiger partial charge in [-0.25, -0.2) is 9.78 Å². The summed E-state index contributed by atoms with van der Waals surface area (Å²) in [4.78, 5) is 30.7. The zero-order valence-corrected chi connectivity index (χ0v) is 17.7. The lowest BCUT2D eigenvalue weighted by Gasteiger charge is -2.10. The quantitative estimate of drug-likeness (QED) is 0.259.